The van der Waals surface area contributed by atoms with Crippen molar-refractivity contribution in [2.75, 3.05) is 19.0 Å². The van der Waals surface area contributed by atoms with Crippen molar-refractivity contribution in [1.29, 1.82) is 0 Å². The molecule has 0 aromatic carbocycles. The molecule has 56 valence electrons. The highest BCUT2D eigenvalue weighted by Gasteiger charge is 2.02. The monoisotopic (exact) mass is 139 g/mol. The van der Waals surface area contributed by atoms with Crippen molar-refractivity contribution in [3.05, 3.63) is 11.9 Å². The number of anilines is 1. The lowest BCUT2D eigenvalue weighted by Gasteiger charge is -2.11. The third-order valence-corrected chi connectivity index (χ3v) is 1.60. The molecule has 3 heteroatoms. The zero-order chi connectivity index (χ0) is 7.72. The largest absolute Gasteiger partial charge is 0.348 e. The maximum Gasteiger partial charge on any atom is 0.204 e. The Kier molecular flexibility index (Phi) is 1.66. The van der Waals surface area contributed by atoms with E-state index in [4.69, 9.17) is 0 Å². The number of rotatable bonds is 1. The summed E-state index contributed by atoms with van der Waals surface area (Å²) in [5.41, 5.74) is 1.18. The molecule has 0 atom stereocenters. The van der Waals surface area contributed by atoms with Crippen LogP contribution in [-0.2, 0) is 7.05 Å². The van der Waals surface area contributed by atoms with E-state index in [0.29, 0.717) is 0 Å². The standard InChI is InChI=1S/C7H13N3/c1-6-5-8-7(9(2)3)10(6)4/h5H,1-4H3. The van der Waals surface area contributed by atoms with Gasteiger partial charge in [0.05, 0.1) is 6.20 Å². The predicted molar refractivity (Wildman–Crippen MR) is 42.3 cm³/mol. The van der Waals surface area contributed by atoms with Crippen LogP contribution in [-0.4, -0.2) is 23.6 Å². The molecular weight excluding hydrogens is 126 g/mol. The fourth-order valence-electron chi connectivity index (χ4n) is 0.898. The molecule has 0 aliphatic rings. The molecule has 0 N–H and O–H groups in total. The van der Waals surface area contributed by atoms with Crippen LogP contribution in [0, 0.1) is 6.92 Å². The molecular formula is C7H13N3. The van der Waals surface area contributed by atoms with Gasteiger partial charge in [-0.15, -0.1) is 0 Å². The molecule has 1 rings (SSSR count). The molecule has 0 fully saturated rings. The first kappa shape index (κ1) is 7.12. The molecule has 0 bridgehead atoms. The Morgan fingerprint density at radius 3 is 2.30 bits per heavy atom. The van der Waals surface area contributed by atoms with Crippen LogP contribution in [0.4, 0.5) is 5.95 Å². The van der Waals surface area contributed by atoms with Crippen LogP contribution < -0.4 is 4.90 Å². The van der Waals surface area contributed by atoms with Gasteiger partial charge >= 0.3 is 0 Å². The van der Waals surface area contributed by atoms with E-state index in [9.17, 15) is 0 Å². The molecule has 0 saturated carbocycles. The fourth-order valence-corrected chi connectivity index (χ4v) is 0.898. The molecule has 1 heterocycles. The Morgan fingerprint density at radius 1 is 1.50 bits per heavy atom. The van der Waals surface area contributed by atoms with Gasteiger partial charge in [-0.2, -0.15) is 0 Å². The van der Waals surface area contributed by atoms with Gasteiger partial charge in [-0.05, 0) is 6.92 Å². The SMILES string of the molecule is Cc1cnc(N(C)C)n1C. The third kappa shape index (κ3) is 0.988. The summed E-state index contributed by atoms with van der Waals surface area (Å²) in [4.78, 5) is 6.20. The second-order valence-electron chi connectivity index (χ2n) is 2.65. The van der Waals surface area contributed by atoms with Crippen LogP contribution in [0.1, 0.15) is 5.69 Å². The van der Waals surface area contributed by atoms with E-state index < -0.39 is 0 Å². The number of aryl methyl sites for hydroxylation is 1. The summed E-state index contributed by atoms with van der Waals surface area (Å²) in [7, 11) is 5.99. The van der Waals surface area contributed by atoms with E-state index in [0.717, 1.165) is 5.95 Å². The topological polar surface area (TPSA) is 21.1 Å². The van der Waals surface area contributed by atoms with Crippen molar-refractivity contribution in [3.8, 4) is 0 Å². The van der Waals surface area contributed by atoms with Crippen LogP contribution >= 0.6 is 0 Å². The second kappa shape index (κ2) is 2.33. The Labute approximate surface area is 61.3 Å². The highest BCUT2D eigenvalue weighted by atomic mass is 15.3. The first-order valence-corrected chi connectivity index (χ1v) is 3.28. The van der Waals surface area contributed by atoms with Crippen LogP contribution in [0.15, 0.2) is 6.20 Å². The molecule has 0 aliphatic carbocycles. The van der Waals surface area contributed by atoms with Gasteiger partial charge in [0.2, 0.25) is 5.95 Å². The van der Waals surface area contributed by atoms with E-state index in [2.05, 4.69) is 9.55 Å². The Balaban J connectivity index is 3.05. The average Bonchev–Trinajstić information content (AvgIpc) is 2.14. The van der Waals surface area contributed by atoms with Crippen LogP contribution in [0.25, 0.3) is 0 Å². The van der Waals surface area contributed by atoms with E-state index >= 15 is 0 Å². The first-order chi connectivity index (χ1) is 4.63. The molecule has 0 unspecified atom stereocenters. The Hall–Kier alpha value is -0.990. The lowest BCUT2D eigenvalue weighted by molar-refractivity contribution is 0.839. The summed E-state index contributed by atoms with van der Waals surface area (Å²) >= 11 is 0. The molecule has 0 aliphatic heterocycles. The lowest BCUT2D eigenvalue weighted by atomic mass is 10.5. The van der Waals surface area contributed by atoms with Gasteiger partial charge in [-0.3, -0.25) is 0 Å². The minimum absolute atomic E-state index is 0.998. The van der Waals surface area contributed by atoms with Gasteiger partial charge in [0.15, 0.2) is 0 Å². The quantitative estimate of drug-likeness (QED) is 0.573. The number of imidazole rings is 1. The summed E-state index contributed by atoms with van der Waals surface area (Å²) in [6.07, 6.45) is 1.87. The molecule has 10 heavy (non-hydrogen) atoms. The number of nitrogens with zero attached hydrogens (tertiary/aromatic N) is 3. The van der Waals surface area contributed by atoms with Gasteiger partial charge in [0, 0.05) is 26.8 Å². The highest BCUT2D eigenvalue weighted by molar-refractivity contribution is 5.30. The normalized spacial score (nSPS) is 10.0. The molecule has 0 radical (unpaired) electrons. The fraction of sp³-hybridized carbons (Fsp3) is 0.571. The molecule has 0 saturated heterocycles. The van der Waals surface area contributed by atoms with Gasteiger partial charge in [0.1, 0.15) is 0 Å². The lowest BCUT2D eigenvalue weighted by Crippen LogP contribution is -2.14. The van der Waals surface area contributed by atoms with E-state index in [1.807, 2.05) is 39.2 Å². The van der Waals surface area contributed by atoms with Gasteiger partial charge in [-0.1, -0.05) is 0 Å². The summed E-state index contributed by atoms with van der Waals surface area (Å²) in [5, 5.41) is 0. The minimum Gasteiger partial charge on any atom is -0.348 e. The van der Waals surface area contributed by atoms with Crippen molar-refractivity contribution >= 4 is 5.95 Å². The first-order valence-electron chi connectivity index (χ1n) is 3.28. The molecule has 3 nitrogen and oxygen atoms in total. The second-order valence-corrected chi connectivity index (χ2v) is 2.65. The number of hydrogen-bond acceptors (Lipinski definition) is 2. The van der Waals surface area contributed by atoms with E-state index in [-0.39, 0.29) is 0 Å². The average molecular weight is 139 g/mol. The van der Waals surface area contributed by atoms with Gasteiger partial charge < -0.3 is 9.47 Å². The molecule has 1 aromatic heterocycles. The molecule has 1 aromatic rings. The number of hydrogen-bond donors (Lipinski definition) is 0. The maximum atomic E-state index is 4.20. The zero-order valence-corrected chi connectivity index (χ0v) is 6.92. The maximum absolute atomic E-state index is 4.20. The van der Waals surface area contributed by atoms with Crippen molar-refractivity contribution in [2.24, 2.45) is 7.05 Å². The van der Waals surface area contributed by atoms with E-state index in [1.165, 1.54) is 5.69 Å². The van der Waals surface area contributed by atoms with Crippen molar-refractivity contribution in [2.45, 2.75) is 6.92 Å². The van der Waals surface area contributed by atoms with Crippen LogP contribution in [0.5, 0.6) is 0 Å². The van der Waals surface area contributed by atoms with Gasteiger partial charge in [0.25, 0.3) is 0 Å². The highest BCUT2D eigenvalue weighted by Crippen LogP contribution is 2.08. The van der Waals surface area contributed by atoms with Crippen LogP contribution in [0.2, 0.25) is 0 Å². The summed E-state index contributed by atoms with van der Waals surface area (Å²) in [5.74, 6) is 0.998. The van der Waals surface area contributed by atoms with Crippen molar-refractivity contribution in [1.82, 2.24) is 9.55 Å². The smallest absolute Gasteiger partial charge is 0.204 e. The number of aromatic nitrogens is 2. The predicted octanol–water partition coefficient (Wildman–Crippen LogP) is 0.795. The Bertz CT molecular complexity index is 225. The summed E-state index contributed by atoms with van der Waals surface area (Å²) in [6.45, 7) is 2.04. The molecule has 0 amide bonds. The Morgan fingerprint density at radius 2 is 2.10 bits per heavy atom. The summed E-state index contributed by atoms with van der Waals surface area (Å²) < 4.78 is 2.06. The van der Waals surface area contributed by atoms with E-state index in [1.54, 1.807) is 0 Å². The van der Waals surface area contributed by atoms with Crippen molar-refractivity contribution in [3.63, 3.8) is 0 Å². The third-order valence-electron chi connectivity index (χ3n) is 1.60. The zero-order valence-electron chi connectivity index (χ0n) is 6.92. The molecule has 0 spiro atoms. The van der Waals surface area contributed by atoms with Gasteiger partial charge in [-0.25, -0.2) is 4.98 Å². The summed E-state index contributed by atoms with van der Waals surface area (Å²) in [6, 6.07) is 0. The minimum atomic E-state index is 0.998. The van der Waals surface area contributed by atoms with Crippen molar-refractivity contribution < 1.29 is 0 Å². The van der Waals surface area contributed by atoms with Crippen LogP contribution in [0.3, 0.4) is 0 Å².